The molecular formula is C35H39N3O5S. The number of carbonyl (C=O) groups is 2. The maximum Gasteiger partial charge on any atom is 0.264 e. The molecule has 1 unspecified atom stereocenters. The molecule has 0 spiro atoms. The largest absolute Gasteiger partial charge is 0.497 e. The second kappa shape index (κ2) is 14.2. The molecule has 0 bridgehead atoms. The molecule has 0 heterocycles. The predicted molar refractivity (Wildman–Crippen MR) is 173 cm³/mol. The number of methoxy groups -OCH3 is 1. The summed E-state index contributed by atoms with van der Waals surface area (Å²) in [5.41, 5.74) is 4.76. The fourth-order valence-corrected chi connectivity index (χ4v) is 6.34. The number of ether oxygens (including phenoxy) is 1. The second-order valence-electron chi connectivity index (χ2n) is 10.8. The number of hydrogen-bond acceptors (Lipinski definition) is 5. The molecule has 0 aromatic heterocycles. The quantitative estimate of drug-likeness (QED) is 0.237. The van der Waals surface area contributed by atoms with Crippen LogP contribution in [0.1, 0.15) is 27.8 Å². The summed E-state index contributed by atoms with van der Waals surface area (Å²) in [7, 11) is -1.07. The van der Waals surface area contributed by atoms with Gasteiger partial charge in [0.2, 0.25) is 11.8 Å². The van der Waals surface area contributed by atoms with Crippen molar-refractivity contribution < 1.29 is 22.7 Å². The molecule has 0 radical (unpaired) electrons. The van der Waals surface area contributed by atoms with Gasteiger partial charge in [-0.05, 0) is 79.4 Å². The van der Waals surface area contributed by atoms with Gasteiger partial charge in [-0.2, -0.15) is 0 Å². The zero-order valence-electron chi connectivity index (χ0n) is 25.8. The molecule has 0 aliphatic carbocycles. The predicted octanol–water partition coefficient (Wildman–Crippen LogP) is 5.20. The van der Waals surface area contributed by atoms with Gasteiger partial charge in [-0.15, -0.1) is 0 Å². The van der Waals surface area contributed by atoms with E-state index in [9.17, 15) is 18.0 Å². The van der Waals surface area contributed by atoms with E-state index in [1.807, 2.05) is 69.3 Å². The summed E-state index contributed by atoms with van der Waals surface area (Å²) in [6, 6.07) is 27.6. The number of nitrogens with one attached hydrogen (secondary N) is 1. The summed E-state index contributed by atoms with van der Waals surface area (Å²) in [6.45, 7) is 5.27. The molecule has 9 heteroatoms. The highest BCUT2D eigenvalue weighted by atomic mass is 32.2. The molecule has 0 aliphatic rings. The number of aryl methyl sites for hydroxylation is 3. The third-order valence-corrected chi connectivity index (χ3v) is 9.46. The number of carbonyl (C=O) groups excluding carboxylic acids is 2. The molecular weight excluding hydrogens is 574 g/mol. The Morgan fingerprint density at radius 2 is 1.50 bits per heavy atom. The molecule has 44 heavy (non-hydrogen) atoms. The average Bonchev–Trinajstić information content (AvgIpc) is 3.03. The molecule has 0 saturated heterocycles. The molecule has 0 saturated carbocycles. The first-order valence-electron chi connectivity index (χ1n) is 14.4. The van der Waals surface area contributed by atoms with Gasteiger partial charge in [-0.25, -0.2) is 8.42 Å². The summed E-state index contributed by atoms with van der Waals surface area (Å²) in [4.78, 5) is 29.4. The number of hydrogen-bond donors (Lipinski definition) is 1. The van der Waals surface area contributed by atoms with Gasteiger partial charge < -0.3 is 15.0 Å². The Balaban J connectivity index is 1.81. The zero-order chi connectivity index (χ0) is 31.9. The lowest BCUT2D eigenvalue weighted by atomic mass is 10.0. The monoisotopic (exact) mass is 613 g/mol. The van der Waals surface area contributed by atoms with E-state index in [2.05, 4.69) is 5.32 Å². The van der Waals surface area contributed by atoms with Crippen molar-refractivity contribution in [3.05, 3.63) is 125 Å². The van der Waals surface area contributed by atoms with E-state index in [0.717, 1.165) is 32.1 Å². The van der Waals surface area contributed by atoms with Crippen molar-refractivity contribution in [2.45, 2.75) is 44.7 Å². The Labute approximate surface area is 260 Å². The first kappa shape index (κ1) is 32.3. The molecule has 4 aromatic carbocycles. The van der Waals surface area contributed by atoms with Gasteiger partial charge >= 0.3 is 0 Å². The molecule has 0 fully saturated rings. The molecule has 0 aliphatic heterocycles. The van der Waals surface area contributed by atoms with Crippen LogP contribution in [0.4, 0.5) is 5.69 Å². The smallest absolute Gasteiger partial charge is 0.264 e. The third kappa shape index (κ3) is 7.65. The van der Waals surface area contributed by atoms with Gasteiger partial charge in [-0.3, -0.25) is 13.9 Å². The molecule has 1 atom stereocenters. The molecule has 230 valence electrons. The normalized spacial score (nSPS) is 11.8. The third-order valence-electron chi connectivity index (χ3n) is 7.67. The van der Waals surface area contributed by atoms with Crippen LogP contribution in [0.25, 0.3) is 0 Å². The van der Waals surface area contributed by atoms with Crippen LogP contribution in [0.2, 0.25) is 0 Å². The van der Waals surface area contributed by atoms with Crippen molar-refractivity contribution in [3.8, 4) is 5.75 Å². The van der Waals surface area contributed by atoms with E-state index in [4.69, 9.17) is 4.74 Å². The second-order valence-corrected chi connectivity index (χ2v) is 12.6. The number of sulfonamides is 1. The van der Waals surface area contributed by atoms with Crippen LogP contribution in [-0.4, -0.2) is 51.9 Å². The van der Waals surface area contributed by atoms with Gasteiger partial charge in [0.25, 0.3) is 10.0 Å². The molecule has 8 nitrogen and oxygen atoms in total. The Morgan fingerprint density at radius 3 is 2.14 bits per heavy atom. The molecule has 4 rings (SSSR count). The van der Waals surface area contributed by atoms with E-state index >= 15 is 0 Å². The minimum Gasteiger partial charge on any atom is -0.497 e. The van der Waals surface area contributed by atoms with E-state index in [0.29, 0.717) is 11.4 Å². The number of amides is 2. The van der Waals surface area contributed by atoms with E-state index in [1.165, 1.54) is 11.9 Å². The maximum atomic E-state index is 14.4. The van der Waals surface area contributed by atoms with Crippen molar-refractivity contribution >= 4 is 27.5 Å². The lowest BCUT2D eigenvalue weighted by Crippen LogP contribution is -2.53. The van der Waals surface area contributed by atoms with Gasteiger partial charge in [0, 0.05) is 20.0 Å². The van der Waals surface area contributed by atoms with Gasteiger partial charge in [0.05, 0.1) is 17.7 Å². The van der Waals surface area contributed by atoms with Crippen molar-refractivity contribution in [1.82, 2.24) is 10.2 Å². The average molecular weight is 614 g/mol. The van der Waals surface area contributed by atoms with Crippen LogP contribution < -0.4 is 14.4 Å². The van der Waals surface area contributed by atoms with E-state index in [1.54, 1.807) is 55.6 Å². The Bertz CT molecular complexity index is 1710. The maximum absolute atomic E-state index is 14.4. The van der Waals surface area contributed by atoms with Crippen LogP contribution in [-0.2, 0) is 32.6 Å². The number of anilines is 1. The van der Waals surface area contributed by atoms with Crippen molar-refractivity contribution in [2.75, 3.05) is 25.0 Å². The highest BCUT2D eigenvalue weighted by molar-refractivity contribution is 7.92. The summed E-state index contributed by atoms with van der Waals surface area (Å²) >= 11 is 0. The van der Waals surface area contributed by atoms with E-state index < -0.39 is 28.5 Å². The SMILES string of the molecule is CNC(=O)C(Cc1ccccc1)N(Cc1cccc(OC)c1)C(=O)CN(c1ccc(C)c(C)c1)S(=O)(=O)c1ccc(C)cc1. The fourth-order valence-electron chi connectivity index (χ4n) is 4.94. The van der Waals surface area contributed by atoms with Crippen LogP contribution in [0, 0.1) is 20.8 Å². The standard InChI is InChI=1S/C35H39N3O5S/c1-25-14-18-32(19-15-25)44(41,42)38(30-17-16-26(2)27(3)20-30)24-34(39)37(23-29-12-9-13-31(21-29)43-5)33(35(40)36-4)22-28-10-7-6-8-11-28/h6-21,33H,22-24H2,1-5H3,(H,36,40). The first-order chi connectivity index (χ1) is 21.0. The number of benzene rings is 4. The van der Waals surface area contributed by atoms with Gasteiger partial charge in [-0.1, -0.05) is 66.2 Å². The van der Waals surface area contributed by atoms with Crippen molar-refractivity contribution in [1.29, 1.82) is 0 Å². The van der Waals surface area contributed by atoms with Crippen LogP contribution in [0.15, 0.2) is 102 Å². The summed E-state index contributed by atoms with van der Waals surface area (Å²) < 4.78 is 34.8. The number of rotatable bonds is 12. The number of nitrogens with zero attached hydrogens (tertiary/aromatic N) is 2. The van der Waals surface area contributed by atoms with E-state index in [-0.39, 0.29) is 23.8 Å². The topological polar surface area (TPSA) is 96.0 Å². The van der Waals surface area contributed by atoms with Gasteiger partial charge in [0.15, 0.2) is 0 Å². The highest BCUT2D eigenvalue weighted by Gasteiger charge is 2.34. The van der Waals surface area contributed by atoms with Crippen molar-refractivity contribution in [3.63, 3.8) is 0 Å². The lowest BCUT2D eigenvalue weighted by Gasteiger charge is -2.33. The highest BCUT2D eigenvalue weighted by Crippen LogP contribution is 2.27. The van der Waals surface area contributed by atoms with Crippen molar-refractivity contribution in [2.24, 2.45) is 0 Å². The minimum absolute atomic E-state index is 0.0618. The molecule has 4 aromatic rings. The van der Waals surface area contributed by atoms with Crippen LogP contribution in [0.5, 0.6) is 5.75 Å². The molecule has 2 amide bonds. The zero-order valence-corrected chi connectivity index (χ0v) is 26.6. The Kier molecular flexibility index (Phi) is 10.4. The lowest BCUT2D eigenvalue weighted by molar-refractivity contribution is -0.139. The van der Waals surface area contributed by atoms with Gasteiger partial charge in [0.1, 0.15) is 18.3 Å². The first-order valence-corrected chi connectivity index (χ1v) is 15.8. The summed E-state index contributed by atoms with van der Waals surface area (Å²) in [6.07, 6.45) is 0.241. The molecule has 1 N–H and O–H groups in total. The Morgan fingerprint density at radius 1 is 0.818 bits per heavy atom. The summed E-state index contributed by atoms with van der Waals surface area (Å²) in [5.74, 6) is -0.274. The number of likely N-dealkylation sites (N-methyl/N-ethyl adjacent to an activating group) is 1. The summed E-state index contributed by atoms with van der Waals surface area (Å²) in [5, 5.41) is 2.70. The minimum atomic E-state index is -4.16. The van der Waals surface area contributed by atoms with Crippen LogP contribution >= 0.6 is 0 Å². The Hall–Kier alpha value is -4.63. The fraction of sp³-hybridized carbons (Fsp3) is 0.257. The van der Waals surface area contributed by atoms with Crippen LogP contribution in [0.3, 0.4) is 0 Å².